The number of ether oxygens (including phenoxy) is 1. The number of amides is 1. The lowest BCUT2D eigenvalue weighted by Gasteiger charge is -2.24. The van der Waals surface area contributed by atoms with E-state index in [1.165, 1.54) is 5.56 Å². The fourth-order valence-electron chi connectivity index (χ4n) is 3.66. The van der Waals surface area contributed by atoms with Crippen molar-refractivity contribution in [1.29, 1.82) is 0 Å². The molecular weight excluding hydrogens is 362 g/mol. The summed E-state index contributed by atoms with van der Waals surface area (Å²) in [5.41, 5.74) is 1.81. The predicted molar refractivity (Wildman–Crippen MR) is 113 cm³/mol. The molecular formula is C24H27N3O2. The summed E-state index contributed by atoms with van der Waals surface area (Å²) in [6.45, 7) is 4.91. The van der Waals surface area contributed by atoms with Gasteiger partial charge in [0.15, 0.2) is 0 Å². The highest BCUT2D eigenvalue weighted by atomic mass is 16.5. The molecule has 0 aliphatic carbocycles. The molecule has 1 aliphatic heterocycles. The largest absolute Gasteiger partial charge is 0.457 e. The van der Waals surface area contributed by atoms with Crippen LogP contribution in [0.25, 0.3) is 0 Å². The Morgan fingerprint density at radius 1 is 1.17 bits per heavy atom. The second-order valence-corrected chi connectivity index (χ2v) is 7.70. The first-order chi connectivity index (χ1) is 14.1. The zero-order chi connectivity index (χ0) is 20.2. The van der Waals surface area contributed by atoms with Gasteiger partial charge in [-0.3, -0.25) is 4.79 Å². The summed E-state index contributed by atoms with van der Waals surface area (Å²) < 4.78 is 8.02. The summed E-state index contributed by atoms with van der Waals surface area (Å²) in [6.07, 6.45) is 4.71. The van der Waals surface area contributed by atoms with Crippen molar-refractivity contribution in [2.24, 2.45) is 0 Å². The molecule has 0 radical (unpaired) electrons. The highest BCUT2D eigenvalue weighted by molar-refractivity contribution is 5.92. The maximum atomic E-state index is 12.4. The summed E-state index contributed by atoms with van der Waals surface area (Å²) >= 11 is 0. The van der Waals surface area contributed by atoms with Crippen LogP contribution in [0.15, 0.2) is 60.8 Å². The topological polar surface area (TPSA) is 56.2 Å². The van der Waals surface area contributed by atoms with Gasteiger partial charge in [-0.25, -0.2) is 4.98 Å². The molecule has 5 heteroatoms. The van der Waals surface area contributed by atoms with E-state index in [-0.39, 0.29) is 11.9 Å². The van der Waals surface area contributed by atoms with Gasteiger partial charge in [0.25, 0.3) is 5.91 Å². The van der Waals surface area contributed by atoms with Gasteiger partial charge in [-0.2, -0.15) is 0 Å². The van der Waals surface area contributed by atoms with Crippen LogP contribution in [-0.2, 0) is 13.0 Å². The molecule has 0 saturated carbocycles. The van der Waals surface area contributed by atoms with E-state index in [0.29, 0.717) is 11.6 Å². The third kappa shape index (κ3) is 4.50. The monoisotopic (exact) mass is 389 g/mol. The number of nitrogens with zero attached hydrogens (tertiary/aromatic N) is 2. The average Bonchev–Trinajstić information content (AvgIpc) is 3.18. The van der Waals surface area contributed by atoms with E-state index in [9.17, 15) is 4.79 Å². The fraction of sp³-hybridized carbons (Fsp3) is 0.333. The van der Waals surface area contributed by atoms with Gasteiger partial charge in [-0.15, -0.1) is 0 Å². The van der Waals surface area contributed by atoms with E-state index >= 15 is 0 Å². The van der Waals surface area contributed by atoms with Crippen LogP contribution < -0.4 is 10.1 Å². The lowest BCUT2D eigenvalue weighted by molar-refractivity contribution is 0.0934. The molecule has 0 fully saturated rings. The van der Waals surface area contributed by atoms with Crippen LogP contribution >= 0.6 is 0 Å². The minimum Gasteiger partial charge on any atom is -0.457 e. The van der Waals surface area contributed by atoms with Crippen molar-refractivity contribution < 1.29 is 9.53 Å². The Morgan fingerprint density at radius 2 is 1.90 bits per heavy atom. The van der Waals surface area contributed by atoms with Gasteiger partial charge in [0.2, 0.25) is 0 Å². The standard InChI is InChI=1S/C24H27N3O2/c1-3-17(2)25-24(28)22-16-27-15-19(11-14-23(27)26-22)18-9-12-21(13-10-18)29-20-7-5-4-6-8-20/h4-10,12-13,16-17,19H,3,11,14-15H2,1-2H3,(H,25,28). The fourth-order valence-corrected chi connectivity index (χ4v) is 3.66. The molecule has 4 rings (SSSR count). The average molecular weight is 389 g/mol. The van der Waals surface area contributed by atoms with E-state index in [1.54, 1.807) is 0 Å². The molecule has 3 aromatic rings. The number of aromatic nitrogens is 2. The van der Waals surface area contributed by atoms with Gasteiger partial charge < -0.3 is 14.6 Å². The molecule has 0 bridgehead atoms. The first-order valence-electron chi connectivity index (χ1n) is 10.3. The molecule has 150 valence electrons. The van der Waals surface area contributed by atoms with Crippen molar-refractivity contribution >= 4 is 5.91 Å². The number of hydrogen-bond acceptors (Lipinski definition) is 3. The molecule has 2 unspecified atom stereocenters. The number of carbonyl (C=O) groups is 1. The summed E-state index contributed by atoms with van der Waals surface area (Å²) in [7, 11) is 0. The Balaban J connectivity index is 1.42. The minimum atomic E-state index is -0.0831. The van der Waals surface area contributed by atoms with E-state index in [2.05, 4.69) is 33.9 Å². The number of aryl methyl sites for hydroxylation is 1. The number of carbonyl (C=O) groups excluding carboxylic acids is 1. The Morgan fingerprint density at radius 3 is 2.62 bits per heavy atom. The molecule has 1 amide bonds. The predicted octanol–water partition coefficient (Wildman–Crippen LogP) is 4.93. The van der Waals surface area contributed by atoms with Crippen LogP contribution in [0, 0.1) is 0 Å². The van der Waals surface area contributed by atoms with E-state index in [0.717, 1.165) is 43.1 Å². The molecule has 2 heterocycles. The van der Waals surface area contributed by atoms with Crippen LogP contribution in [0.2, 0.25) is 0 Å². The van der Waals surface area contributed by atoms with Crippen LogP contribution in [-0.4, -0.2) is 21.5 Å². The SMILES string of the molecule is CCC(C)NC(=O)c1cn2c(n1)CCC(c1ccc(Oc3ccccc3)cc1)C2. The number of para-hydroxylation sites is 1. The summed E-state index contributed by atoms with van der Waals surface area (Å²) in [5.74, 6) is 3.00. The Hall–Kier alpha value is -3.08. The minimum absolute atomic E-state index is 0.0831. The van der Waals surface area contributed by atoms with Crippen LogP contribution in [0.4, 0.5) is 0 Å². The normalized spacial score (nSPS) is 16.7. The van der Waals surface area contributed by atoms with Gasteiger partial charge in [0, 0.05) is 31.1 Å². The van der Waals surface area contributed by atoms with Crippen LogP contribution in [0.5, 0.6) is 11.5 Å². The van der Waals surface area contributed by atoms with Gasteiger partial charge >= 0.3 is 0 Å². The maximum Gasteiger partial charge on any atom is 0.271 e. The number of benzene rings is 2. The second kappa shape index (κ2) is 8.52. The van der Waals surface area contributed by atoms with Crippen molar-refractivity contribution in [3.05, 3.63) is 77.9 Å². The summed E-state index contributed by atoms with van der Waals surface area (Å²) in [4.78, 5) is 16.9. The number of fused-ring (bicyclic) bond motifs is 1. The Kier molecular flexibility index (Phi) is 5.65. The Labute approximate surface area is 171 Å². The smallest absolute Gasteiger partial charge is 0.271 e. The van der Waals surface area contributed by atoms with E-state index < -0.39 is 0 Å². The summed E-state index contributed by atoms with van der Waals surface area (Å²) in [6, 6.07) is 18.3. The van der Waals surface area contributed by atoms with Crippen LogP contribution in [0.1, 0.15) is 54.5 Å². The van der Waals surface area contributed by atoms with Crippen LogP contribution in [0.3, 0.4) is 0 Å². The molecule has 1 N–H and O–H groups in total. The molecule has 5 nitrogen and oxygen atoms in total. The van der Waals surface area contributed by atoms with Crippen molar-refractivity contribution in [3.8, 4) is 11.5 Å². The summed E-state index contributed by atoms with van der Waals surface area (Å²) in [5, 5.41) is 3.00. The quantitative estimate of drug-likeness (QED) is 0.650. The first kappa shape index (κ1) is 19.2. The molecule has 2 aromatic carbocycles. The maximum absolute atomic E-state index is 12.4. The second-order valence-electron chi connectivity index (χ2n) is 7.70. The van der Waals surface area contributed by atoms with E-state index in [4.69, 9.17) is 4.74 Å². The Bertz CT molecular complexity index is 964. The molecule has 0 saturated heterocycles. The van der Waals surface area contributed by atoms with Gasteiger partial charge in [-0.1, -0.05) is 37.3 Å². The van der Waals surface area contributed by atoms with Crippen molar-refractivity contribution in [3.63, 3.8) is 0 Å². The van der Waals surface area contributed by atoms with Crippen molar-refractivity contribution in [2.45, 2.75) is 51.6 Å². The third-order valence-corrected chi connectivity index (χ3v) is 5.55. The molecule has 1 aliphatic rings. The molecule has 29 heavy (non-hydrogen) atoms. The lowest BCUT2D eigenvalue weighted by atomic mass is 9.91. The third-order valence-electron chi connectivity index (χ3n) is 5.55. The van der Waals surface area contributed by atoms with Gasteiger partial charge in [-0.05, 0) is 49.6 Å². The number of hydrogen-bond donors (Lipinski definition) is 1. The lowest BCUT2D eigenvalue weighted by Crippen LogP contribution is -2.32. The first-order valence-corrected chi connectivity index (χ1v) is 10.3. The molecule has 2 atom stereocenters. The van der Waals surface area contributed by atoms with Crippen molar-refractivity contribution in [2.75, 3.05) is 0 Å². The zero-order valence-corrected chi connectivity index (χ0v) is 17.0. The highest BCUT2D eigenvalue weighted by Gasteiger charge is 2.23. The molecule has 0 spiro atoms. The van der Waals surface area contributed by atoms with Crippen molar-refractivity contribution in [1.82, 2.24) is 14.9 Å². The van der Waals surface area contributed by atoms with E-state index in [1.807, 2.05) is 55.6 Å². The highest BCUT2D eigenvalue weighted by Crippen LogP contribution is 2.31. The number of imidazole rings is 1. The number of rotatable bonds is 6. The van der Waals surface area contributed by atoms with Gasteiger partial charge in [0.1, 0.15) is 23.0 Å². The molecule has 1 aromatic heterocycles. The zero-order valence-electron chi connectivity index (χ0n) is 17.0. The number of nitrogens with one attached hydrogen (secondary N) is 1. The van der Waals surface area contributed by atoms with Gasteiger partial charge in [0.05, 0.1) is 0 Å².